The summed E-state index contributed by atoms with van der Waals surface area (Å²) in [5.74, 6) is 0. The smallest absolute Gasteiger partial charge is 0.0674 e. The summed E-state index contributed by atoms with van der Waals surface area (Å²) in [7, 11) is 2.17. The lowest BCUT2D eigenvalue weighted by atomic mass is 10.00. The molecule has 2 atom stereocenters. The first-order chi connectivity index (χ1) is 8.72. The summed E-state index contributed by atoms with van der Waals surface area (Å²) in [4.78, 5) is 9.35. The molecule has 0 aliphatic carbocycles. The Kier molecular flexibility index (Phi) is 4.69. The molecular formula is C14H24N4. The molecule has 2 N–H and O–H groups in total. The molecule has 0 bridgehead atoms. The Balaban J connectivity index is 2.15. The third-order valence-corrected chi connectivity index (χ3v) is 3.80. The molecule has 1 aromatic rings. The van der Waals surface area contributed by atoms with Gasteiger partial charge >= 0.3 is 0 Å². The van der Waals surface area contributed by atoms with Gasteiger partial charge in [-0.15, -0.1) is 0 Å². The molecule has 1 aromatic heterocycles. The first-order valence-electron chi connectivity index (χ1n) is 6.81. The highest BCUT2D eigenvalue weighted by atomic mass is 15.3. The van der Waals surface area contributed by atoms with Crippen LogP contribution in [0.2, 0.25) is 0 Å². The van der Waals surface area contributed by atoms with Crippen LogP contribution < -0.4 is 5.73 Å². The summed E-state index contributed by atoms with van der Waals surface area (Å²) in [6.45, 7) is 6.52. The Hall–Kier alpha value is -0.970. The van der Waals surface area contributed by atoms with Gasteiger partial charge in [0.15, 0.2) is 0 Å². The molecule has 1 aliphatic rings. The fraction of sp³-hybridized carbons (Fsp3) is 0.643. The molecule has 1 aliphatic heterocycles. The maximum Gasteiger partial charge on any atom is 0.0674 e. The summed E-state index contributed by atoms with van der Waals surface area (Å²) >= 11 is 0. The summed E-state index contributed by atoms with van der Waals surface area (Å²) < 4.78 is 0. The van der Waals surface area contributed by atoms with Gasteiger partial charge in [0.25, 0.3) is 0 Å². The van der Waals surface area contributed by atoms with Crippen LogP contribution >= 0.6 is 0 Å². The third-order valence-electron chi connectivity index (χ3n) is 3.80. The van der Waals surface area contributed by atoms with Gasteiger partial charge in [-0.2, -0.15) is 0 Å². The molecule has 4 nitrogen and oxygen atoms in total. The second-order valence-electron chi connectivity index (χ2n) is 5.11. The molecule has 0 radical (unpaired) electrons. The Bertz CT molecular complexity index is 346. The van der Waals surface area contributed by atoms with E-state index >= 15 is 0 Å². The summed E-state index contributed by atoms with van der Waals surface area (Å²) in [5, 5.41) is 0. The molecule has 0 amide bonds. The standard InChI is InChI=1S/C14H24N4/c1-3-12(15)14(13-6-4-5-7-16-13)18-10-8-17(2)9-11-18/h4-7,12,14H,3,8-11,15H2,1-2H3. The number of pyridine rings is 1. The fourth-order valence-corrected chi connectivity index (χ4v) is 2.55. The van der Waals surface area contributed by atoms with E-state index in [2.05, 4.69) is 34.8 Å². The van der Waals surface area contributed by atoms with Crippen molar-refractivity contribution in [1.29, 1.82) is 0 Å². The Labute approximate surface area is 110 Å². The summed E-state index contributed by atoms with van der Waals surface area (Å²) in [6.07, 6.45) is 2.84. The maximum absolute atomic E-state index is 6.32. The number of nitrogens with zero attached hydrogens (tertiary/aromatic N) is 3. The molecule has 100 valence electrons. The van der Waals surface area contributed by atoms with E-state index in [1.165, 1.54) is 0 Å². The zero-order valence-electron chi connectivity index (χ0n) is 11.4. The molecule has 2 heterocycles. The van der Waals surface area contributed by atoms with E-state index < -0.39 is 0 Å². The maximum atomic E-state index is 6.32. The lowest BCUT2D eigenvalue weighted by Gasteiger charge is -2.40. The molecule has 1 saturated heterocycles. The molecule has 0 saturated carbocycles. The molecule has 2 unspecified atom stereocenters. The van der Waals surface area contributed by atoms with Gasteiger partial charge in [-0.05, 0) is 25.6 Å². The van der Waals surface area contributed by atoms with Crippen molar-refractivity contribution in [1.82, 2.24) is 14.8 Å². The summed E-state index contributed by atoms with van der Waals surface area (Å²) in [5.41, 5.74) is 7.43. The van der Waals surface area contributed by atoms with Crippen molar-refractivity contribution in [3.63, 3.8) is 0 Å². The van der Waals surface area contributed by atoms with Gasteiger partial charge in [-0.1, -0.05) is 13.0 Å². The van der Waals surface area contributed by atoms with Gasteiger partial charge < -0.3 is 10.6 Å². The minimum atomic E-state index is 0.156. The predicted molar refractivity (Wildman–Crippen MR) is 74.3 cm³/mol. The quantitative estimate of drug-likeness (QED) is 0.867. The zero-order valence-corrected chi connectivity index (χ0v) is 11.4. The van der Waals surface area contributed by atoms with E-state index in [-0.39, 0.29) is 12.1 Å². The summed E-state index contributed by atoms with van der Waals surface area (Å²) in [6, 6.07) is 6.52. The van der Waals surface area contributed by atoms with Crippen LogP contribution in [-0.2, 0) is 0 Å². The van der Waals surface area contributed by atoms with Crippen LogP contribution in [0.3, 0.4) is 0 Å². The van der Waals surface area contributed by atoms with Crippen LogP contribution in [0.4, 0.5) is 0 Å². The minimum Gasteiger partial charge on any atom is -0.326 e. The molecule has 0 spiro atoms. The van der Waals surface area contributed by atoms with Gasteiger partial charge in [0.2, 0.25) is 0 Å². The van der Waals surface area contributed by atoms with E-state index in [0.29, 0.717) is 0 Å². The van der Waals surface area contributed by atoms with E-state index in [1.807, 2.05) is 18.3 Å². The van der Waals surface area contributed by atoms with Crippen molar-refractivity contribution in [2.45, 2.75) is 25.4 Å². The Morgan fingerprint density at radius 2 is 2.00 bits per heavy atom. The first-order valence-corrected chi connectivity index (χ1v) is 6.81. The average Bonchev–Trinajstić information content (AvgIpc) is 2.42. The van der Waals surface area contributed by atoms with Gasteiger partial charge in [0, 0.05) is 38.4 Å². The molecule has 1 fully saturated rings. The number of hydrogen-bond donors (Lipinski definition) is 1. The normalized spacial score (nSPS) is 21.7. The lowest BCUT2D eigenvalue weighted by Crippen LogP contribution is -2.50. The van der Waals surface area contributed by atoms with Crippen LogP contribution in [0, 0.1) is 0 Å². The lowest BCUT2D eigenvalue weighted by molar-refractivity contribution is 0.0948. The van der Waals surface area contributed by atoms with E-state index in [4.69, 9.17) is 5.73 Å². The van der Waals surface area contributed by atoms with Crippen molar-refractivity contribution in [2.24, 2.45) is 5.73 Å². The SMILES string of the molecule is CCC(N)C(c1ccccn1)N1CCN(C)CC1. The molecular weight excluding hydrogens is 224 g/mol. The number of likely N-dealkylation sites (N-methyl/N-ethyl adjacent to an activating group) is 1. The van der Waals surface area contributed by atoms with Crippen molar-refractivity contribution in [2.75, 3.05) is 33.2 Å². The van der Waals surface area contributed by atoms with Gasteiger partial charge in [0.1, 0.15) is 0 Å². The fourth-order valence-electron chi connectivity index (χ4n) is 2.55. The second-order valence-corrected chi connectivity index (χ2v) is 5.11. The monoisotopic (exact) mass is 248 g/mol. The molecule has 4 heteroatoms. The van der Waals surface area contributed by atoms with Crippen LogP contribution in [0.25, 0.3) is 0 Å². The van der Waals surface area contributed by atoms with E-state index in [9.17, 15) is 0 Å². The third kappa shape index (κ3) is 3.07. The minimum absolute atomic E-state index is 0.156. The highest BCUT2D eigenvalue weighted by Crippen LogP contribution is 2.24. The van der Waals surface area contributed by atoms with Crippen molar-refractivity contribution in [3.8, 4) is 0 Å². The highest BCUT2D eigenvalue weighted by Gasteiger charge is 2.28. The predicted octanol–water partition coefficient (Wildman–Crippen LogP) is 1.11. The average molecular weight is 248 g/mol. The Morgan fingerprint density at radius 3 is 2.56 bits per heavy atom. The number of rotatable bonds is 4. The van der Waals surface area contributed by atoms with Crippen molar-refractivity contribution >= 4 is 0 Å². The van der Waals surface area contributed by atoms with E-state index in [0.717, 1.165) is 38.3 Å². The first kappa shape index (κ1) is 13.5. The van der Waals surface area contributed by atoms with Crippen LogP contribution in [0.15, 0.2) is 24.4 Å². The van der Waals surface area contributed by atoms with Crippen molar-refractivity contribution < 1.29 is 0 Å². The Morgan fingerprint density at radius 1 is 1.28 bits per heavy atom. The van der Waals surface area contributed by atoms with Gasteiger partial charge in [-0.3, -0.25) is 9.88 Å². The zero-order chi connectivity index (χ0) is 13.0. The van der Waals surface area contributed by atoms with Gasteiger partial charge in [0.05, 0.1) is 11.7 Å². The van der Waals surface area contributed by atoms with Crippen LogP contribution in [-0.4, -0.2) is 54.1 Å². The second kappa shape index (κ2) is 6.27. The highest BCUT2D eigenvalue weighted by molar-refractivity contribution is 5.11. The largest absolute Gasteiger partial charge is 0.326 e. The number of aromatic nitrogens is 1. The van der Waals surface area contributed by atoms with Crippen molar-refractivity contribution in [3.05, 3.63) is 30.1 Å². The topological polar surface area (TPSA) is 45.4 Å². The number of hydrogen-bond acceptors (Lipinski definition) is 4. The molecule has 0 aromatic carbocycles. The van der Waals surface area contributed by atoms with Crippen LogP contribution in [0.5, 0.6) is 0 Å². The van der Waals surface area contributed by atoms with Gasteiger partial charge in [-0.25, -0.2) is 0 Å². The molecule has 18 heavy (non-hydrogen) atoms. The number of nitrogens with two attached hydrogens (primary N) is 1. The molecule has 2 rings (SSSR count). The van der Waals surface area contributed by atoms with E-state index in [1.54, 1.807) is 0 Å². The number of piperazine rings is 1. The van der Waals surface area contributed by atoms with Crippen LogP contribution in [0.1, 0.15) is 25.1 Å².